The van der Waals surface area contributed by atoms with Gasteiger partial charge in [0.05, 0.1) is 29.8 Å². The third-order valence-corrected chi connectivity index (χ3v) is 5.94. The Morgan fingerprint density at radius 3 is 2.79 bits per heavy atom. The molecule has 0 bridgehead atoms. The number of aromatic nitrogens is 2. The second-order valence-electron chi connectivity index (χ2n) is 5.92. The zero-order chi connectivity index (χ0) is 20.6. The molecule has 10 heteroatoms. The Morgan fingerprint density at radius 2 is 2.03 bits per heavy atom. The molecular weight excluding hydrogens is 410 g/mol. The highest BCUT2D eigenvalue weighted by Gasteiger charge is 2.19. The molecule has 0 radical (unpaired) electrons. The summed E-state index contributed by atoms with van der Waals surface area (Å²) in [7, 11) is 1.66. The van der Waals surface area contributed by atoms with E-state index in [0.29, 0.717) is 21.4 Å². The molecule has 0 aliphatic heterocycles. The molecule has 1 aromatic carbocycles. The summed E-state index contributed by atoms with van der Waals surface area (Å²) in [6.07, 6.45) is 1.55. The van der Waals surface area contributed by atoms with Crippen molar-refractivity contribution in [3.63, 3.8) is 0 Å². The van der Waals surface area contributed by atoms with Crippen molar-refractivity contribution in [3.05, 3.63) is 54.0 Å². The number of hydrogen-bond donors (Lipinski definition) is 2. The van der Waals surface area contributed by atoms with Crippen LogP contribution in [-0.2, 0) is 11.3 Å². The predicted octanol–water partition coefficient (Wildman–Crippen LogP) is 3.25. The van der Waals surface area contributed by atoms with E-state index in [1.807, 2.05) is 6.92 Å². The number of carbonyl (C=O) groups excluding carboxylic acids is 2. The predicted molar refractivity (Wildman–Crippen MR) is 115 cm³/mol. The highest BCUT2D eigenvalue weighted by Crippen LogP contribution is 2.26. The first kappa shape index (κ1) is 20.9. The normalized spacial score (nSPS) is 10.6. The van der Waals surface area contributed by atoms with Crippen molar-refractivity contribution in [1.82, 2.24) is 15.5 Å². The minimum Gasteiger partial charge on any atom is -0.467 e. The molecule has 0 saturated carbocycles. The summed E-state index contributed by atoms with van der Waals surface area (Å²) in [4.78, 5) is 26.8. The van der Waals surface area contributed by atoms with Crippen LogP contribution in [0.5, 0.6) is 0 Å². The van der Waals surface area contributed by atoms with E-state index in [0.717, 1.165) is 11.7 Å². The number of benzene rings is 1. The van der Waals surface area contributed by atoms with Crippen LogP contribution in [0.15, 0.2) is 51.4 Å². The molecule has 8 nitrogen and oxygen atoms in total. The molecule has 0 atom stereocenters. The molecule has 152 valence electrons. The average Bonchev–Trinajstić information content (AvgIpc) is 3.42. The van der Waals surface area contributed by atoms with Crippen LogP contribution >= 0.6 is 23.1 Å². The number of para-hydroxylation sites is 1. The van der Waals surface area contributed by atoms with Crippen LogP contribution in [0.4, 0.5) is 10.8 Å². The Labute approximate surface area is 176 Å². The standard InChI is InChI=1S/C19H21N5O3S2/c1-3-20-18-22-23-19(29-18)28-12-16(25)24(2)15-9-5-4-8-14(15)17(26)21-11-13-7-6-10-27-13/h4-10H,3,11-12H2,1-2H3,(H,20,22)(H,21,26). The molecule has 3 aromatic rings. The van der Waals surface area contributed by atoms with Crippen molar-refractivity contribution in [1.29, 1.82) is 0 Å². The topological polar surface area (TPSA) is 100 Å². The van der Waals surface area contributed by atoms with Crippen LogP contribution < -0.4 is 15.5 Å². The SMILES string of the molecule is CCNc1nnc(SCC(=O)N(C)c2ccccc2C(=O)NCc2ccco2)s1. The van der Waals surface area contributed by atoms with Gasteiger partial charge in [0.2, 0.25) is 11.0 Å². The highest BCUT2D eigenvalue weighted by molar-refractivity contribution is 8.01. The molecule has 3 rings (SSSR count). The molecule has 0 aliphatic rings. The Morgan fingerprint density at radius 1 is 1.21 bits per heavy atom. The molecule has 2 heterocycles. The van der Waals surface area contributed by atoms with Crippen LogP contribution in [0.1, 0.15) is 23.0 Å². The molecule has 2 N–H and O–H groups in total. The molecule has 0 spiro atoms. The largest absolute Gasteiger partial charge is 0.467 e. The van der Waals surface area contributed by atoms with Gasteiger partial charge in [-0.3, -0.25) is 9.59 Å². The van der Waals surface area contributed by atoms with E-state index in [1.54, 1.807) is 49.7 Å². The summed E-state index contributed by atoms with van der Waals surface area (Å²) < 4.78 is 5.95. The summed E-state index contributed by atoms with van der Waals surface area (Å²) in [5.41, 5.74) is 0.964. The number of rotatable bonds is 9. The van der Waals surface area contributed by atoms with Gasteiger partial charge in [-0.1, -0.05) is 35.2 Å². The van der Waals surface area contributed by atoms with Gasteiger partial charge in [-0.05, 0) is 31.2 Å². The van der Waals surface area contributed by atoms with E-state index in [1.165, 1.54) is 28.0 Å². The van der Waals surface area contributed by atoms with Crippen LogP contribution in [0.25, 0.3) is 0 Å². The van der Waals surface area contributed by atoms with E-state index in [-0.39, 0.29) is 24.1 Å². The van der Waals surface area contributed by atoms with Gasteiger partial charge in [-0.15, -0.1) is 10.2 Å². The summed E-state index contributed by atoms with van der Waals surface area (Å²) in [6, 6.07) is 10.5. The maximum absolute atomic E-state index is 12.7. The first-order valence-electron chi connectivity index (χ1n) is 8.94. The summed E-state index contributed by atoms with van der Waals surface area (Å²) in [6.45, 7) is 3.02. The van der Waals surface area contributed by atoms with Gasteiger partial charge in [-0.25, -0.2) is 0 Å². The lowest BCUT2D eigenvalue weighted by Crippen LogP contribution is -2.31. The van der Waals surface area contributed by atoms with Gasteiger partial charge in [-0.2, -0.15) is 0 Å². The van der Waals surface area contributed by atoms with Crippen molar-refractivity contribution in [2.24, 2.45) is 0 Å². The monoisotopic (exact) mass is 431 g/mol. The smallest absolute Gasteiger partial charge is 0.253 e. The molecule has 2 aromatic heterocycles. The van der Waals surface area contributed by atoms with E-state index in [4.69, 9.17) is 4.42 Å². The summed E-state index contributed by atoms with van der Waals surface area (Å²) >= 11 is 2.73. The number of nitrogens with one attached hydrogen (secondary N) is 2. The van der Waals surface area contributed by atoms with E-state index in [2.05, 4.69) is 20.8 Å². The Balaban J connectivity index is 1.62. The maximum Gasteiger partial charge on any atom is 0.253 e. The van der Waals surface area contributed by atoms with E-state index >= 15 is 0 Å². The Kier molecular flexibility index (Phi) is 7.25. The first-order valence-corrected chi connectivity index (χ1v) is 10.7. The molecule has 0 fully saturated rings. The Hall–Kier alpha value is -2.85. The summed E-state index contributed by atoms with van der Waals surface area (Å²) in [5.74, 6) is 0.440. The number of thioether (sulfide) groups is 1. The zero-order valence-corrected chi connectivity index (χ0v) is 17.7. The molecule has 0 saturated heterocycles. The van der Waals surface area contributed by atoms with Crippen molar-refractivity contribution in [2.75, 3.05) is 29.6 Å². The van der Waals surface area contributed by atoms with Gasteiger partial charge in [0.25, 0.3) is 5.91 Å². The fourth-order valence-corrected chi connectivity index (χ4v) is 4.21. The van der Waals surface area contributed by atoms with Crippen LogP contribution in [0, 0.1) is 0 Å². The number of carbonyl (C=O) groups is 2. The fraction of sp³-hybridized carbons (Fsp3) is 0.263. The lowest BCUT2D eigenvalue weighted by atomic mass is 10.1. The van der Waals surface area contributed by atoms with E-state index < -0.39 is 0 Å². The quantitative estimate of drug-likeness (QED) is 0.502. The average molecular weight is 432 g/mol. The summed E-state index contributed by atoms with van der Waals surface area (Å²) in [5, 5.41) is 14.7. The number of furan rings is 1. The van der Waals surface area contributed by atoms with Gasteiger partial charge in [0.1, 0.15) is 5.76 Å². The third-order valence-electron chi connectivity index (χ3n) is 3.94. The molecule has 0 aliphatic carbocycles. The molecule has 0 unspecified atom stereocenters. The third kappa shape index (κ3) is 5.58. The van der Waals surface area contributed by atoms with Gasteiger partial charge in [0, 0.05) is 13.6 Å². The van der Waals surface area contributed by atoms with Crippen molar-refractivity contribution < 1.29 is 14.0 Å². The van der Waals surface area contributed by atoms with Crippen LogP contribution in [0.2, 0.25) is 0 Å². The van der Waals surface area contributed by atoms with Crippen LogP contribution in [0.3, 0.4) is 0 Å². The van der Waals surface area contributed by atoms with Crippen molar-refractivity contribution in [2.45, 2.75) is 17.8 Å². The van der Waals surface area contributed by atoms with Crippen molar-refractivity contribution in [3.8, 4) is 0 Å². The second-order valence-corrected chi connectivity index (χ2v) is 8.12. The lowest BCUT2D eigenvalue weighted by molar-refractivity contribution is -0.115. The van der Waals surface area contributed by atoms with Crippen LogP contribution in [-0.4, -0.2) is 41.4 Å². The van der Waals surface area contributed by atoms with Gasteiger partial charge < -0.3 is 20.0 Å². The van der Waals surface area contributed by atoms with Gasteiger partial charge in [0.15, 0.2) is 4.34 Å². The molecule has 2 amide bonds. The number of amides is 2. The van der Waals surface area contributed by atoms with E-state index in [9.17, 15) is 9.59 Å². The maximum atomic E-state index is 12.7. The van der Waals surface area contributed by atoms with Gasteiger partial charge >= 0.3 is 0 Å². The molecule has 29 heavy (non-hydrogen) atoms. The lowest BCUT2D eigenvalue weighted by Gasteiger charge is -2.20. The highest BCUT2D eigenvalue weighted by atomic mass is 32.2. The number of nitrogens with zero attached hydrogens (tertiary/aromatic N) is 3. The zero-order valence-electron chi connectivity index (χ0n) is 16.0. The second kappa shape index (κ2) is 10.1. The number of anilines is 2. The minimum absolute atomic E-state index is 0.138. The Bertz CT molecular complexity index is 958. The van der Waals surface area contributed by atoms with Crippen molar-refractivity contribution >= 4 is 45.7 Å². The first-order chi connectivity index (χ1) is 14.1. The minimum atomic E-state index is -0.274. The number of hydrogen-bond acceptors (Lipinski definition) is 8. The fourth-order valence-electron chi connectivity index (χ4n) is 2.48. The molecular formula is C19H21N5O3S2.